The lowest BCUT2D eigenvalue weighted by molar-refractivity contribution is -0.137. The van der Waals surface area contributed by atoms with E-state index < -0.39 is 0 Å². The number of hydrogen-bond acceptors (Lipinski definition) is 3. The maximum atomic E-state index is 11.4. The van der Waals surface area contributed by atoms with Crippen molar-refractivity contribution in [3.05, 3.63) is 84.7 Å². The zero-order valence-corrected chi connectivity index (χ0v) is 13.4. The summed E-state index contributed by atoms with van der Waals surface area (Å²) in [7, 11) is 0. The van der Waals surface area contributed by atoms with Crippen molar-refractivity contribution >= 4 is 12.2 Å². The zero-order valence-electron chi connectivity index (χ0n) is 13.4. The highest BCUT2D eigenvalue weighted by Crippen LogP contribution is 2.26. The number of esters is 1. The van der Waals surface area contributed by atoms with E-state index in [1.165, 1.54) is 11.6 Å². The second-order valence-electron chi connectivity index (χ2n) is 5.28. The van der Waals surface area contributed by atoms with Crippen LogP contribution in [0.15, 0.2) is 73.6 Å². The maximum absolute atomic E-state index is 11.4. The molecule has 0 aliphatic carbocycles. The van der Waals surface area contributed by atoms with Crippen LogP contribution in [0.5, 0.6) is 0 Å². The third kappa shape index (κ3) is 3.63. The predicted molar refractivity (Wildman–Crippen MR) is 92.3 cm³/mol. The third-order valence-electron chi connectivity index (χ3n) is 3.66. The topological polar surface area (TPSA) is 49.0 Å². The SMILES string of the molecule is CCOC(=O)/C=C/n1ccc(C(c2ccccc2)n2ccnc2)c1. The Hall–Kier alpha value is -3.08. The van der Waals surface area contributed by atoms with Gasteiger partial charge in [-0.05, 0) is 24.1 Å². The fraction of sp³-hybridized carbons (Fsp3) is 0.158. The number of carbonyl (C=O) groups is 1. The van der Waals surface area contributed by atoms with Crippen LogP contribution in [0.3, 0.4) is 0 Å². The molecule has 0 bridgehead atoms. The molecule has 0 radical (unpaired) electrons. The highest BCUT2D eigenvalue weighted by Gasteiger charge is 2.16. The van der Waals surface area contributed by atoms with Crippen LogP contribution in [0.1, 0.15) is 24.1 Å². The van der Waals surface area contributed by atoms with E-state index >= 15 is 0 Å². The average molecular weight is 321 g/mol. The molecule has 0 N–H and O–H groups in total. The van der Waals surface area contributed by atoms with E-state index in [9.17, 15) is 4.79 Å². The number of imidazole rings is 1. The quantitative estimate of drug-likeness (QED) is 0.517. The smallest absolute Gasteiger partial charge is 0.332 e. The van der Waals surface area contributed by atoms with Gasteiger partial charge in [0.1, 0.15) is 0 Å². The standard InChI is InChI=1S/C19H19N3O2/c1-2-24-18(23)9-12-21-11-8-17(14-21)19(22-13-10-20-15-22)16-6-4-3-5-7-16/h3-15,19H,2H2,1H3/b12-9+. The summed E-state index contributed by atoms with van der Waals surface area (Å²) in [5.41, 5.74) is 2.27. The molecule has 5 nitrogen and oxygen atoms in total. The lowest BCUT2D eigenvalue weighted by atomic mass is 10.0. The van der Waals surface area contributed by atoms with Gasteiger partial charge in [-0.2, -0.15) is 0 Å². The fourth-order valence-corrected chi connectivity index (χ4v) is 2.62. The van der Waals surface area contributed by atoms with Crippen LogP contribution in [-0.2, 0) is 9.53 Å². The van der Waals surface area contributed by atoms with Gasteiger partial charge in [0.05, 0.1) is 19.0 Å². The Morgan fingerprint density at radius 2 is 2.04 bits per heavy atom. The normalized spacial score (nSPS) is 12.4. The largest absolute Gasteiger partial charge is 0.463 e. The van der Waals surface area contributed by atoms with E-state index in [4.69, 9.17) is 4.74 Å². The second kappa shape index (κ2) is 7.46. The van der Waals surface area contributed by atoms with Gasteiger partial charge in [0.2, 0.25) is 0 Å². The molecule has 3 rings (SSSR count). The molecule has 0 spiro atoms. The first kappa shape index (κ1) is 15.8. The molecule has 0 amide bonds. The fourth-order valence-electron chi connectivity index (χ4n) is 2.62. The summed E-state index contributed by atoms with van der Waals surface area (Å²) in [6.45, 7) is 2.16. The molecular weight excluding hydrogens is 302 g/mol. The Morgan fingerprint density at radius 3 is 2.75 bits per heavy atom. The summed E-state index contributed by atoms with van der Waals surface area (Å²) in [5.74, 6) is -0.345. The van der Waals surface area contributed by atoms with Crippen molar-refractivity contribution in [3.63, 3.8) is 0 Å². The Bertz CT molecular complexity index is 804. The predicted octanol–water partition coefficient (Wildman–Crippen LogP) is 3.36. The molecule has 0 fully saturated rings. The van der Waals surface area contributed by atoms with Crippen LogP contribution in [-0.4, -0.2) is 26.7 Å². The van der Waals surface area contributed by atoms with E-state index in [-0.39, 0.29) is 12.0 Å². The first-order chi connectivity index (χ1) is 11.8. The Morgan fingerprint density at radius 1 is 1.21 bits per heavy atom. The Kier molecular flexibility index (Phi) is 4.91. The van der Waals surface area contributed by atoms with Gasteiger partial charge in [-0.1, -0.05) is 30.3 Å². The number of ether oxygens (including phenoxy) is 1. The monoisotopic (exact) mass is 321 g/mol. The van der Waals surface area contributed by atoms with Gasteiger partial charge < -0.3 is 13.9 Å². The summed E-state index contributed by atoms with van der Waals surface area (Å²) in [6, 6.07) is 12.3. The van der Waals surface area contributed by atoms with Crippen molar-refractivity contribution in [2.24, 2.45) is 0 Å². The molecule has 1 atom stereocenters. The highest BCUT2D eigenvalue weighted by atomic mass is 16.5. The van der Waals surface area contributed by atoms with Crippen molar-refractivity contribution in [1.82, 2.24) is 14.1 Å². The lowest BCUT2D eigenvalue weighted by Gasteiger charge is -2.18. The zero-order chi connectivity index (χ0) is 16.8. The van der Waals surface area contributed by atoms with Crippen LogP contribution in [0, 0.1) is 0 Å². The molecule has 0 aliphatic heterocycles. The maximum Gasteiger partial charge on any atom is 0.332 e. The van der Waals surface area contributed by atoms with E-state index in [2.05, 4.69) is 21.7 Å². The van der Waals surface area contributed by atoms with Crippen molar-refractivity contribution in [1.29, 1.82) is 0 Å². The van der Waals surface area contributed by atoms with Crippen molar-refractivity contribution < 1.29 is 9.53 Å². The van der Waals surface area contributed by atoms with Gasteiger partial charge in [0, 0.05) is 37.1 Å². The van der Waals surface area contributed by atoms with Crippen molar-refractivity contribution in [2.75, 3.05) is 6.61 Å². The summed E-state index contributed by atoms with van der Waals surface area (Å²) in [5, 5.41) is 0. The number of carbonyl (C=O) groups excluding carboxylic acids is 1. The number of nitrogens with zero attached hydrogens (tertiary/aromatic N) is 3. The molecule has 3 aromatic rings. The summed E-state index contributed by atoms with van der Waals surface area (Å²) < 4.78 is 8.80. The molecule has 24 heavy (non-hydrogen) atoms. The van der Waals surface area contributed by atoms with Crippen LogP contribution in [0.2, 0.25) is 0 Å². The van der Waals surface area contributed by atoms with E-state index in [0.29, 0.717) is 6.61 Å². The van der Waals surface area contributed by atoms with Gasteiger partial charge in [-0.15, -0.1) is 0 Å². The third-order valence-corrected chi connectivity index (χ3v) is 3.66. The number of rotatable bonds is 6. The van der Waals surface area contributed by atoms with Gasteiger partial charge in [-0.3, -0.25) is 0 Å². The van der Waals surface area contributed by atoms with E-state index in [0.717, 1.165) is 5.56 Å². The van der Waals surface area contributed by atoms with Crippen LogP contribution >= 0.6 is 0 Å². The van der Waals surface area contributed by atoms with Crippen LogP contribution in [0.4, 0.5) is 0 Å². The number of benzene rings is 1. The first-order valence-corrected chi connectivity index (χ1v) is 7.82. The minimum Gasteiger partial charge on any atom is -0.463 e. The molecular formula is C19H19N3O2. The summed E-state index contributed by atoms with van der Waals surface area (Å²) in [4.78, 5) is 15.6. The highest BCUT2D eigenvalue weighted by molar-refractivity contribution is 5.84. The minimum absolute atomic E-state index is 0.0333. The molecule has 122 valence electrons. The van der Waals surface area contributed by atoms with Gasteiger partial charge in [-0.25, -0.2) is 9.78 Å². The molecule has 0 saturated heterocycles. The molecule has 0 saturated carbocycles. The van der Waals surface area contributed by atoms with Crippen molar-refractivity contribution in [3.8, 4) is 0 Å². The van der Waals surface area contributed by atoms with Gasteiger partial charge in [0.15, 0.2) is 0 Å². The Balaban J connectivity index is 1.89. The molecule has 2 aromatic heterocycles. The molecule has 0 aliphatic rings. The van der Waals surface area contributed by atoms with E-state index in [1.54, 1.807) is 19.3 Å². The van der Waals surface area contributed by atoms with E-state index in [1.807, 2.05) is 53.8 Å². The van der Waals surface area contributed by atoms with Crippen LogP contribution < -0.4 is 0 Å². The molecule has 2 heterocycles. The van der Waals surface area contributed by atoms with Crippen molar-refractivity contribution in [2.45, 2.75) is 13.0 Å². The number of aromatic nitrogens is 3. The summed E-state index contributed by atoms with van der Waals surface area (Å²) in [6.07, 6.45) is 12.5. The second-order valence-corrected chi connectivity index (χ2v) is 5.28. The Labute approximate surface area is 140 Å². The summed E-state index contributed by atoms with van der Waals surface area (Å²) >= 11 is 0. The van der Waals surface area contributed by atoms with Gasteiger partial charge in [0.25, 0.3) is 0 Å². The average Bonchev–Trinajstić information content (AvgIpc) is 3.27. The number of hydrogen-bond donors (Lipinski definition) is 0. The molecule has 1 aromatic carbocycles. The molecule has 1 unspecified atom stereocenters. The van der Waals surface area contributed by atoms with Crippen LogP contribution in [0.25, 0.3) is 6.20 Å². The molecule has 5 heteroatoms. The van der Waals surface area contributed by atoms with Gasteiger partial charge >= 0.3 is 5.97 Å². The minimum atomic E-state index is -0.345. The lowest BCUT2D eigenvalue weighted by Crippen LogP contribution is -2.09. The first-order valence-electron chi connectivity index (χ1n) is 7.82.